The Morgan fingerprint density at radius 2 is 2.36 bits per heavy atom. The van der Waals surface area contributed by atoms with Gasteiger partial charge in [0.15, 0.2) is 5.65 Å². The number of aromatic amines is 1. The molecule has 4 nitrogen and oxygen atoms in total. The van der Waals surface area contributed by atoms with Crippen LogP contribution in [-0.2, 0) is 0 Å². The Labute approximate surface area is 63.5 Å². The fourth-order valence-corrected chi connectivity index (χ4v) is 1.05. The molecular formula is C7H8N4. The van der Waals surface area contributed by atoms with Crippen molar-refractivity contribution in [1.29, 1.82) is 0 Å². The van der Waals surface area contributed by atoms with E-state index in [0.717, 1.165) is 11.3 Å². The number of anilines is 1. The summed E-state index contributed by atoms with van der Waals surface area (Å²) in [7, 11) is 0. The van der Waals surface area contributed by atoms with Crippen LogP contribution in [0, 0.1) is 6.92 Å². The number of aryl methyl sites for hydroxylation is 1. The lowest BCUT2D eigenvalue weighted by Gasteiger charge is -1.90. The second-order valence-corrected chi connectivity index (χ2v) is 2.42. The zero-order chi connectivity index (χ0) is 7.84. The number of fused-ring (bicyclic) bond motifs is 1. The highest BCUT2D eigenvalue weighted by Crippen LogP contribution is 2.14. The average Bonchev–Trinajstić information content (AvgIpc) is 2.31. The van der Waals surface area contributed by atoms with Crippen LogP contribution >= 0.6 is 0 Å². The number of nitrogens with two attached hydrogens (primary N) is 1. The Hall–Kier alpha value is -1.58. The normalized spacial score (nSPS) is 10.6. The molecule has 2 heterocycles. The molecule has 0 aromatic carbocycles. The molecule has 0 aliphatic rings. The molecule has 0 aliphatic heterocycles. The maximum absolute atomic E-state index is 5.66. The third-order valence-electron chi connectivity index (χ3n) is 1.54. The molecular weight excluding hydrogens is 140 g/mol. The third-order valence-corrected chi connectivity index (χ3v) is 1.54. The van der Waals surface area contributed by atoms with Crippen molar-refractivity contribution in [3.05, 3.63) is 18.1 Å². The first-order valence-corrected chi connectivity index (χ1v) is 3.34. The van der Waals surface area contributed by atoms with E-state index in [1.54, 1.807) is 12.3 Å². The average molecular weight is 148 g/mol. The first kappa shape index (κ1) is 6.15. The van der Waals surface area contributed by atoms with Crippen LogP contribution in [0.1, 0.15) is 5.82 Å². The van der Waals surface area contributed by atoms with E-state index in [2.05, 4.69) is 15.0 Å². The Kier molecular flexibility index (Phi) is 1.09. The highest BCUT2D eigenvalue weighted by Gasteiger charge is 2.01. The third kappa shape index (κ3) is 0.832. The molecule has 0 radical (unpaired) electrons. The molecule has 4 heteroatoms. The second kappa shape index (κ2) is 1.95. The fourth-order valence-electron chi connectivity index (χ4n) is 1.05. The Morgan fingerprint density at radius 3 is 3.09 bits per heavy atom. The largest absolute Gasteiger partial charge is 0.397 e. The lowest BCUT2D eigenvalue weighted by atomic mass is 10.4. The predicted molar refractivity (Wildman–Crippen MR) is 43.0 cm³/mol. The number of nitrogens with zero attached hydrogens (tertiary/aromatic N) is 2. The first-order valence-electron chi connectivity index (χ1n) is 3.34. The van der Waals surface area contributed by atoms with Crippen molar-refractivity contribution in [3.63, 3.8) is 0 Å². The number of hydrogen-bond donors (Lipinski definition) is 2. The van der Waals surface area contributed by atoms with Crippen molar-refractivity contribution >= 4 is 16.9 Å². The van der Waals surface area contributed by atoms with Crippen LogP contribution in [0.2, 0.25) is 0 Å². The van der Waals surface area contributed by atoms with Crippen molar-refractivity contribution in [2.24, 2.45) is 0 Å². The quantitative estimate of drug-likeness (QED) is 0.582. The zero-order valence-corrected chi connectivity index (χ0v) is 6.13. The van der Waals surface area contributed by atoms with Crippen LogP contribution in [0.4, 0.5) is 5.69 Å². The van der Waals surface area contributed by atoms with Crippen molar-refractivity contribution in [1.82, 2.24) is 15.0 Å². The summed E-state index contributed by atoms with van der Waals surface area (Å²) in [4.78, 5) is 11.2. The Balaban J connectivity index is 2.90. The summed E-state index contributed by atoms with van der Waals surface area (Å²) in [6, 6.07) is 1.75. The number of nitrogens with one attached hydrogen (secondary N) is 1. The minimum absolute atomic E-state index is 0.683. The van der Waals surface area contributed by atoms with Gasteiger partial charge in [-0.1, -0.05) is 0 Å². The summed E-state index contributed by atoms with van der Waals surface area (Å²) in [6.45, 7) is 1.88. The van der Waals surface area contributed by atoms with Crippen molar-refractivity contribution < 1.29 is 0 Å². The molecule has 0 saturated heterocycles. The molecule has 0 spiro atoms. The number of H-pyrrole nitrogens is 1. The zero-order valence-electron chi connectivity index (χ0n) is 6.13. The van der Waals surface area contributed by atoms with Crippen LogP contribution in [0.3, 0.4) is 0 Å². The van der Waals surface area contributed by atoms with E-state index in [9.17, 15) is 0 Å². The lowest BCUT2D eigenvalue weighted by molar-refractivity contribution is 1.16. The van der Waals surface area contributed by atoms with Crippen LogP contribution in [0.15, 0.2) is 12.3 Å². The van der Waals surface area contributed by atoms with Gasteiger partial charge >= 0.3 is 0 Å². The number of imidazole rings is 1. The number of pyridine rings is 1. The maximum atomic E-state index is 5.66. The van der Waals surface area contributed by atoms with Gasteiger partial charge in [-0.3, -0.25) is 0 Å². The molecule has 2 aromatic heterocycles. The van der Waals surface area contributed by atoms with E-state index < -0.39 is 0 Å². The van der Waals surface area contributed by atoms with Gasteiger partial charge in [-0.15, -0.1) is 0 Å². The van der Waals surface area contributed by atoms with Crippen LogP contribution in [0.5, 0.6) is 0 Å². The smallest absolute Gasteiger partial charge is 0.179 e. The molecule has 0 bridgehead atoms. The fraction of sp³-hybridized carbons (Fsp3) is 0.143. The minimum atomic E-state index is 0.683. The minimum Gasteiger partial charge on any atom is -0.397 e. The molecule has 3 N–H and O–H groups in total. The van der Waals surface area contributed by atoms with Crippen molar-refractivity contribution in [2.75, 3.05) is 5.73 Å². The summed E-state index contributed by atoms with van der Waals surface area (Å²) < 4.78 is 0. The monoisotopic (exact) mass is 148 g/mol. The van der Waals surface area contributed by atoms with E-state index in [-0.39, 0.29) is 0 Å². The molecule has 11 heavy (non-hydrogen) atoms. The number of rotatable bonds is 0. The van der Waals surface area contributed by atoms with Crippen LogP contribution in [0.25, 0.3) is 11.2 Å². The second-order valence-electron chi connectivity index (χ2n) is 2.42. The molecule has 2 aromatic rings. The lowest BCUT2D eigenvalue weighted by Crippen LogP contribution is -1.86. The maximum Gasteiger partial charge on any atom is 0.179 e. The molecule has 0 fully saturated rings. The Bertz CT molecular complexity index is 390. The molecule has 56 valence electrons. The standard InChI is InChI=1S/C7H8N4/c1-4-10-6-5(8)2-3-9-7(6)11-4/h2-3H,1H3,(H3,8,9,10,11). The van der Waals surface area contributed by atoms with Gasteiger partial charge in [0.05, 0.1) is 5.69 Å². The molecule has 0 amide bonds. The van der Waals surface area contributed by atoms with Crippen molar-refractivity contribution in [2.45, 2.75) is 6.92 Å². The number of aromatic nitrogens is 3. The Morgan fingerprint density at radius 1 is 1.55 bits per heavy atom. The van der Waals surface area contributed by atoms with Crippen LogP contribution < -0.4 is 5.73 Å². The van der Waals surface area contributed by atoms with Gasteiger partial charge in [0.1, 0.15) is 11.3 Å². The summed E-state index contributed by atoms with van der Waals surface area (Å²) >= 11 is 0. The number of nitrogen functional groups attached to an aromatic ring is 1. The molecule has 0 atom stereocenters. The SMILES string of the molecule is Cc1nc2nccc(N)c2[nH]1. The summed E-state index contributed by atoms with van der Waals surface area (Å²) in [6.07, 6.45) is 1.65. The number of hydrogen-bond acceptors (Lipinski definition) is 3. The van der Waals surface area contributed by atoms with Gasteiger partial charge in [0.2, 0.25) is 0 Å². The molecule has 0 unspecified atom stereocenters. The van der Waals surface area contributed by atoms with E-state index >= 15 is 0 Å². The van der Waals surface area contributed by atoms with Gasteiger partial charge in [-0.25, -0.2) is 9.97 Å². The van der Waals surface area contributed by atoms with Crippen molar-refractivity contribution in [3.8, 4) is 0 Å². The summed E-state index contributed by atoms with van der Waals surface area (Å²) in [5, 5.41) is 0. The van der Waals surface area contributed by atoms with E-state index in [1.165, 1.54) is 0 Å². The summed E-state index contributed by atoms with van der Waals surface area (Å²) in [5.74, 6) is 0.838. The van der Waals surface area contributed by atoms with Gasteiger partial charge in [-0.05, 0) is 13.0 Å². The van der Waals surface area contributed by atoms with Crippen LogP contribution in [-0.4, -0.2) is 15.0 Å². The molecule has 0 aliphatic carbocycles. The molecule has 2 rings (SSSR count). The van der Waals surface area contributed by atoms with E-state index in [1.807, 2.05) is 6.92 Å². The highest BCUT2D eigenvalue weighted by atomic mass is 15.0. The van der Waals surface area contributed by atoms with Gasteiger partial charge < -0.3 is 10.7 Å². The first-order chi connectivity index (χ1) is 5.27. The van der Waals surface area contributed by atoms with E-state index in [0.29, 0.717) is 11.3 Å². The predicted octanol–water partition coefficient (Wildman–Crippen LogP) is 0.849. The molecule has 0 saturated carbocycles. The van der Waals surface area contributed by atoms with E-state index in [4.69, 9.17) is 5.73 Å². The highest BCUT2D eigenvalue weighted by molar-refractivity contribution is 5.83. The van der Waals surface area contributed by atoms with Gasteiger partial charge in [0.25, 0.3) is 0 Å². The topological polar surface area (TPSA) is 67.6 Å². The van der Waals surface area contributed by atoms with Gasteiger partial charge in [-0.2, -0.15) is 0 Å². The van der Waals surface area contributed by atoms with Gasteiger partial charge in [0, 0.05) is 6.20 Å². The summed E-state index contributed by atoms with van der Waals surface area (Å²) in [5.41, 5.74) is 7.86.